The number of anilines is 2. The van der Waals surface area contributed by atoms with Gasteiger partial charge in [-0.1, -0.05) is 35.9 Å². The third-order valence-electron chi connectivity index (χ3n) is 6.04. The number of nitrogen functional groups attached to an aromatic ring is 1. The molecule has 0 radical (unpaired) electrons. The van der Waals surface area contributed by atoms with E-state index in [0.29, 0.717) is 0 Å². The lowest BCUT2D eigenvalue weighted by molar-refractivity contribution is 0.247. The third-order valence-corrected chi connectivity index (χ3v) is 6.46. The standard InChI is InChI=1S/C25H26ClN5/c1-18-15-19(7-9-22(18)26)25-23(31-16-20(27)8-10-24(31)28-25)17-29-11-13-30(14-12-29)21-5-3-2-4-6-21/h2-10,15-16H,11-14,17,27H2,1H3. The average Bonchev–Trinajstić information content (AvgIpc) is 3.14. The van der Waals surface area contributed by atoms with Crippen LogP contribution in [0.2, 0.25) is 5.02 Å². The van der Waals surface area contributed by atoms with Gasteiger partial charge in [-0.25, -0.2) is 4.98 Å². The van der Waals surface area contributed by atoms with E-state index in [0.717, 1.165) is 71.6 Å². The van der Waals surface area contributed by atoms with Crippen molar-refractivity contribution in [1.82, 2.24) is 14.3 Å². The lowest BCUT2D eigenvalue weighted by Crippen LogP contribution is -2.46. The number of nitrogens with zero attached hydrogens (tertiary/aromatic N) is 4. The minimum Gasteiger partial charge on any atom is -0.398 e. The fourth-order valence-electron chi connectivity index (χ4n) is 4.30. The second kappa shape index (κ2) is 8.25. The Morgan fingerprint density at radius 2 is 1.74 bits per heavy atom. The topological polar surface area (TPSA) is 49.8 Å². The van der Waals surface area contributed by atoms with Gasteiger partial charge in [0.1, 0.15) is 5.65 Å². The summed E-state index contributed by atoms with van der Waals surface area (Å²) in [6, 6.07) is 20.6. The van der Waals surface area contributed by atoms with E-state index in [1.165, 1.54) is 5.69 Å². The van der Waals surface area contributed by atoms with Crippen LogP contribution in [0.15, 0.2) is 66.9 Å². The molecule has 0 unspecified atom stereocenters. The predicted molar refractivity (Wildman–Crippen MR) is 129 cm³/mol. The lowest BCUT2D eigenvalue weighted by Gasteiger charge is -2.36. The molecule has 5 rings (SSSR count). The predicted octanol–water partition coefficient (Wildman–Crippen LogP) is 4.87. The zero-order valence-corrected chi connectivity index (χ0v) is 18.4. The average molecular weight is 432 g/mol. The van der Waals surface area contributed by atoms with Crippen molar-refractivity contribution < 1.29 is 0 Å². The van der Waals surface area contributed by atoms with E-state index < -0.39 is 0 Å². The number of halogens is 1. The van der Waals surface area contributed by atoms with Crippen molar-refractivity contribution in [3.05, 3.63) is 83.1 Å². The Hall–Kier alpha value is -3.02. The molecular formula is C25H26ClN5. The first-order chi connectivity index (χ1) is 15.1. The molecule has 1 aliphatic heterocycles. The molecule has 6 heteroatoms. The number of fused-ring (bicyclic) bond motifs is 1. The van der Waals surface area contributed by atoms with Crippen LogP contribution < -0.4 is 10.6 Å². The van der Waals surface area contributed by atoms with E-state index in [1.54, 1.807) is 0 Å². The zero-order chi connectivity index (χ0) is 21.4. The van der Waals surface area contributed by atoms with Gasteiger partial charge >= 0.3 is 0 Å². The number of hydrogen-bond donors (Lipinski definition) is 1. The monoisotopic (exact) mass is 431 g/mol. The molecule has 0 bridgehead atoms. The van der Waals surface area contributed by atoms with E-state index >= 15 is 0 Å². The summed E-state index contributed by atoms with van der Waals surface area (Å²) < 4.78 is 2.14. The van der Waals surface area contributed by atoms with Gasteiger partial charge in [0.25, 0.3) is 0 Å². The van der Waals surface area contributed by atoms with Crippen molar-refractivity contribution in [2.75, 3.05) is 36.8 Å². The van der Waals surface area contributed by atoms with Crippen LogP contribution in [0.4, 0.5) is 11.4 Å². The Balaban J connectivity index is 1.45. The van der Waals surface area contributed by atoms with Crippen LogP contribution in [-0.2, 0) is 6.54 Å². The second-order valence-corrected chi connectivity index (χ2v) is 8.57. The quantitative estimate of drug-likeness (QED) is 0.501. The van der Waals surface area contributed by atoms with Gasteiger partial charge in [0, 0.05) is 60.9 Å². The lowest BCUT2D eigenvalue weighted by atomic mass is 10.1. The summed E-state index contributed by atoms with van der Waals surface area (Å²) >= 11 is 6.27. The number of piperazine rings is 1. The zero-order valence-electron chi connectivity index (χ0n) is 17.6. The van der Waals surface area contributed by atoms with Gasteiger partial charge in [-0.15, -0.1) is 0 Å². The van der Waals surface area contributed by atoms with Crippen molar-refractivity contribution >= 4 is 28.6 Å². The first-order valence-electron chi connectivity index (χ1n) is 10.6. The number of pyridine rings is 1. The number of hydrogen-bond acceptors (Lipinski definition) is 4. The molecule has 4 aromatic rings. The molecule has 0 atom stereocenters. The molecule has 3 heterocycles. The first kappa shape index (κ1) is 19.9. The molecule has 2 aromatic carbocycles. The molecule has 0 amide bonds. The Kier molecular flexibility index (Phi) is 5.30. The highest BCUT2D eigenvalue weighted by Crippen LogP contribution is 2.30. The maximum atomic E-state index is 6.27. The van der Waals surface area contributed by atoms with Gasteiger partial charge in [0.05, 0.1) is 11.4 Å². The number of benzene rings is 2. The summed E-state index contributed by atoms with van der Waals surface area (Å²) in [5.74, 6) is 0. The largest absolute Gasteiger partial charge is 0.398 e. The van der Waals surface area contributed by atoms with Crippen molar-refractivity contribution in [3.63, 3.8) is 0 Å². The summed E-state index contributed by atoms with van der Waals surface area (Å²) in [5.41, 5.74) is 13.4. The van der Waals surface area contributed by atoms with Crippen LogP contribution in [0.1, 0.15) is 11.3 Å². The summed E-state index contributed by atoms with van der Waals surface area (Å²) in [6.07, 6.45) is 1.98. The minimum absolute atomic E-state index is 0.735. The fourth-order valence-corrected chi connectivity index (χ4v) is 4.42. The maximum Gasteiger partial charge on any atom is 0.137 e. The molecule has 158 valence electrons. The molecule has 0 spiro atoms. The molecule has 0 saturated carbocycles. The van der Waals surface area contributed by atoms with E-state index in [2.05, 4.69) is 56.7 Å². The molecule has 5 nitrogen and oxygen atoms in total. The summed E-state index contributed by atoms with van der Waals surface area (Å²) in [6.45, 7) is 6.88. The van der Waals surface area contributed by atoms with Crippen molar-refractivity contribution in [2.45, 2.75) is 13.5 Å². The van der Waals surface area contributed by atoms with Gasteiger partial charge < -0.3 is 15.0 Å². The highest BCUT2D eigenvalue weighted by atomic mass is 35.5. The van der Waals surface area contributed by atoms with E-state index in [9.17, 15) is 0 Å². The van der Waals surface area contributed by atoms with E-state index in [4.69, 9.17) is 22.3 Å². The molecule has 31 heavy (non-hydrogen) atoms. The number of nitrogens with two attached hydrogens (primary N) is 1. The van der Waals surface area contributed by atoms with Crippen molar-refractivity contribution in [3.8, 4) is 11.3 Å². The number of para-hydroxylation sites is 1. The highest BCUT2D eigenvalue weighted by Gasteiger charge is 2.22. The smallest absolute Gasteiger partial charge is 0.137 e. The van der Waals surface area contributed by atoms with Crippen LogP contribution in [0.25, 0.3) is 16.9 Å². The van der Waals surface area contributed by atoms with Gasteiger partial charge in [0.15, 0.2) is 0 Å². The fraction of sp³-hybridized carbons (Fsp3) is 0.240. The highest BCUT2D eigenvalue weighted by molar-refractivity contribution is 6.31. The Bertz CT molecular complexity index is 1210. The molecule has 1 saturated heterocycles. The first-order valence-corrected chi connectivity index (χ1v) is 11.0. The van der Waals surface area contributed by atoms with Crippen LogP contribution in [-0.4, -0.2) is 40.5 Å². The summed E-state index contributed by atoms with van der Waals surface area (Å²) in [7, 11) is 0. The van der Waals surface area contributed by atoms with E-state index in [-0.39, 0.29) is 0 Å². The van der Waals surface area contributed by atoms with Gasteiger partial charge in [-0.3, -0.25) is 4.90 Å². The van der Waals surface area contributed by atoms with Crippen LogP contribution in [0, 0.1) is 6.92 Å². The van der Waals surface area contributed by atoms with Crippen molar-refractivity contribution in [2.24, 2.45) is 0 Å². The molecule has 1 aliphatic rings. The molecular weight excluding hydrogens is 406 g/mol. The number of aryl methyl sites for hydroxylation is 1. The Morgan fingerprint density at radius 1 is 0.968 bits per heavy atom. The normalized spacial score (nSPS) is 15.0. The van der Waals surface area contributed by atoms with Crippen LogP contribution in [0.5, 0.6) is 0 Å². The number of imidazole rings is 1. The second-order valence-electron chi connectivity index (χ2n) is 8.16. The molecule has 1 fully saturated rings. The number of aromatic nitrogens is 2. The summed E-state index contributed by atoms with van der Waals surface area (Å²) in [5, 5.41) is 0.773. The van der Waals surface area contributed by atoms with Gasteiger partial charge in [-0.05, 0) is 48.9 Å². The van der Waals surface area contributed by atoms with Crippen LogP contribution in [0.3, 0.4) is 0 Å². The van der Waals surface area contributed by atoms with E-state index in [1.807, 2.05) is 31.3 Å². The van der Waals surface area contributed by atoms with Crippen molar-refractivity contribution in [1.29, 1.82) is 0 Å². The maximum absolute atomic E-state index is 6.27. The summed E-state index contributed by atoms with van der Waals surface area (Å²) in [4.78, 5) is 9.90. The van der Waals surface area contributed by atoms with Gasteiger partial charge in [-0.2, -0.15) is 0 Å². The van der Waals surface area contributed by atoms with Crippen LogP contribution >= 0.6 is 11.6 Å². The Labute approximate surface area is 187 Å². The molecule has 2 aromatic heterocycles. The minimum atomic E-state index is 0.735. The Morgan fingerprint density at radius 3 is 2.48 bits per heavy atom. The SMILES string of the molecule is Cc1cc(-c2nc3ccc(N)cn3c2CN2CCN(c3ccccc3)CC2)ccc1Cl. The number of rotatable bonds is 4. The molecule has 2 N–H and O–H groups in total. The van der Waals surface area contributed by atoms with Gasteiger partial charge in [0.2, 0.25) is 0 Å². The third kappa shape index (κ3) is 3.99. The molecule has 0 aliphatic carbocycles.